The Morgan fingerprint density at radius 2 is 1.90 bits per heavy atom. The number of fused-ring (bicyclic) bond motifs is 3. The number of phenols is 1. The van der Waals surface area contributed by atoms with Gasteiger partial charge in [0, 0.05) is 0 Å². The molecule has 2 saturated heterocycles. The van der Waals surface area contributed by atoms with Gasteiger partial charge in [0.25, 0.3) is 0 Å². The minimum atomic E-state index is -1.71. The number of nitrogens with zero attached hydrogens (tertiary/aromatic N) is 1. The molecular weight excluding hydrogens is 496 g/mol. The fourth-order valence-electron chi connectivity index (χ4n) is 6.52. The van der Waals surface area contributed by atoms with Crippen LogP contribution in [0.5, 0.6) is 5.75 Å². The molecule has 2 amide bonds. The van der Waals surface area contributed by atoms with Crippen molar-refractivity contribution >= 4 is 43.3 Å². The Hall–Kier alpha value is -3.17. The summed E-state index contributed by atoms with van der Waals surface area (Å²) in [5, 5.41) is 39.7. The molecular formula is C29H33B2NO7. The fraction of sp³-hybridized carbons (Fsp3) is 0.379. The van der Waals surface area contributed by atoms with Gasteiger partial charge in [-0.25, -0.2) is 0 Å². The molecule has 0 bridgehead atoms. The van der Waals surface area contributed by atoms with Crippen LogP contribution in [-0.2, 0) is 14.2 Å². The first-order valence-electron chi connectivity index (χ1n) is 13.5. The van der Waals surface area contributed by atoms with Gasteiger partial charge in [-0.3, -0.25) is 14.5 Å². The number of allylic oxidation sites excluding steroid dienone is 2. The summed E-state index contributed by atoms with van der Waals surface area (Å²) in [5.41, 5.74) is 4.64. The number of hydrogen-bond donors (Lipinski definition) is 4. The summed E-state index contributed by atoms with van der Waals surface area (Å²) >= 11 is 0. The van der Waals surface area contributed by atoms with Crippen LogP contribution in [-0.4, -0.2) is 52.3 Å². The van der Waals surface area contributed by atoms with Gasteiger partial charge in [-0.1, -0.05) is 48.4 Å². The lowest BCUT2D eigenvalue weighted by Crippen LogP contribution is -2.46. The zero-order chi connectivity index (χ0) is 27.8. The molecule has 5 rings (SSSR count). The van der Waals surface area contributed by atoms with E-state index in [1.165, 1.54) is 22.6 Å². The number of hydrogen-bond acceptors (Lipinski definition) is 7. The molecule has 10 heteroatoms. The number of rotatable bonds is 7. The summed E-state index contributed by atoms with van der Waals surface area (Å²) in [6.45, 7) is 4.06. The van der Waals surface area contributed by atoms with E-state index in [0.29, 0.717) is 18.5 Å². The average Bonchev–Trinajstić information content (AvgIpc) is 3.15. The maximum Gasteiger partial charge on any atom is 0.488 e. The standard InChI is InChI=1S/C29H33B2NO7/c1-3-18(13-19-6-4-9-22(33)14-19)10-11-25-26-17(2)12-23-27(24(26)16-30(36)39-25)29(35)32(28(23)34)21-8-5-7-20(15-21)31(37)38/h4-9,13-15,23-25,27,33,36-38H,3,10-12,16H2,1-2H3/b18-13+/t23-,24+,25-,27-/m1/s1. The first kappa shape index (κ1) is 27.4. The van der Waals surface area contributed by atoms with E-state index in [0.717, 1.165) is 29.6 Å². The van der Waals surface area contributed by atoms with E-state index in [2.05, 4.69) is 13.0 Å². The topological polar surface area (TPSA) is 128 Å². The highest BCUT2D eigenvalue weighted by atomic mass is 16.5. The number of benzene rings is 2. The number of amides is 2. The second-order valence-electron chi connectivity index (χ2n) is 10.8. The minimum Gasteiger partial charge on any atom is -0.508 e. The normalized spacial score (nSPS) is 25.2. The Morgan fingerprint density at radius 3 is 2.62 bits per heavy atom. The third-order valence-electron chi connectivity index (χ3n) is 8.30. The zero-order valence-corrected chi connectivity index (χ0v) is 22.2. The maximum absolute atomic E-state index is 13.8. The summed E-state index contributed by atoms with van der Waals surface area (Å²) in [7, 11) is -2.75. The van der Waals surface area contributed by atoms with Gasteiger partial charge >= 0.3 is 14.2 Å². The van der Waals surface area contributed by atoms with Crippen molar-refractivity contribution in [3.05, 3.63) is 70.8 Å². The van der Waals surface area contributed by atoms with Crippen molar-refractivity contribution in [1.82, 2.24) is 0 Å². The molecule has 0 aromatic heterocycles. The molecule has 2 fully saturated rings. The van der Waals surface area contributed by atoms with Crippen LogP contribution in [0.4, 0.5) is 5.69 Å². The van der Waals surface area contributed by atoms with Crippen molar-refractivity contribution in [3.63, 3.8) is 0 Å². The van der Waals surface area contributed by atoms with Crippen LogP contribution in [0, 0.1) is 17.8 Å². The molecule has 0 spiro atoms. The lowest BCUT2D eigenvalue weighted by Gasteiger charge is -2.42. The van der Waals surface area contributed by atoms with Gasteiger partial charge in [-0.05, 0) is 85.7 Å². The summed E-state index contributed by atoms with van der Waals surface area (Å²) in [6.07, 6.45) is 4.53. The molecule has 39 heavy (non-hydrogen) atoms. The van der Waals surface area contributed by atoms with Gasteiger partial charge in [0.15, 0.2) is 0 Å². The molecule has 4 atom stereocenters. The van der Waals surface area contributed by atoms with Crippen molar-refractivity contribution < 1.29 is 34.4 Å². The van der Waals surface area contributed by atoms with E-state index < -0.39 is 26.1 Å². The monoisotopic (exact) mass is 529 g/mol. The van der Waals surface area contributed by atoms with Crippen LogP contribution in [0.15, 0.2) is 65.3 Å². The van der Waals surface area contributed by atoms with E-state index in [1.807, 2.05) is 13.0 Å². The number of carbonyl (C=O) groups is 2. The van der Waals surface area contributed by atoms with Crippen molar-refractivity contribution in [1.29, 1.82) is 0 Å². The smallest absolute Gasteiger partial charge is 0.488 e. The summed E-state index contributed by atoms with van der Waals surface area (Å²) in [6, 6.07) is 13.3. The maximum atomic E-state index is 13.8. The van der Waals surface area contributed by atoms with Gasteiger partial charge in [0.05, 0.1) is 23.6 Å². The van der Waals surface area contributed by atoms with Crippen LogP contribution in [0.1, 0.15) is 45.1 Å². The number of aromatic hydroxyl groups is 1. The summed E-state index contributed by atoms with van der Waals surface area (Å²) in [5.74, 6) is -1.86. The number of anilines is 1. The first-order valence-corrected chi connectivity index (χ1v) is 13.5. The number of phenolic OH excluding ortho intramolecular Hbond substituents is 1. The minimum absolute atomic E-state index is 0.199. The largest absolute Gasteiger partial charge is 0.508 e. The molecule has 2 aromatic carbocycles. The summed E-state index contributed by atoms with van der Waals surface area (Å²) in [4.78, 5) is 28.4. The molecule has 0 radical (unpaired) electrons. The number of imide groups is 1. The molecule has 0 saturated carbocycles. The van der Waals surface area contributed by atoms with E-state index in [1.54, 1.807) is 30.3 Å². The van der Waals surface area contributed by atoms with E-state index >= 15 is 0 Å². The fourth-order valence-corrected chi connectivity index (χ4v) is 6.52. The molecule has 2 heterocycles. The van der Waals surface area contributed by atoms with Crippen molar-refractivity contribution in [3.8, 4) is 5.75 Å². The predicted octanol–water partition coefficient (Wildman–Crippen LogP) is 2.67. The van der Waals surface area contributed by atoms with Crippen molar-refractivity contribution in [2.75, 3.05) is 4.90 Å². The van der Waals surface area contributed by atoms with E-state index in [-0.39, 0.29) is 41.4 Å². The van der Waals surface area contributed by atoms with Gasteiger partial charge in [-0.15, -0.1) is 0 Å². The van der Waals surface area contributed by atoms with E-state index in [9.17, 15) is 29.8 Å². The second kappa shape index (κ2) is 11.1. The van der Waals surface area contributed by atoms with Crippen molar-refractivity contribution in [2.24, 2.45) is 17.8 Å². The molecule has 8 nitrogen and oxygen atoms in total. The molecule has 202 valence electrons. The Labute approximate surface area is 228 Å². The highest BCUT2D eigenvalue weighted by Gasteiger charge is 2.57. The number of carbonyl (C=O) groups excluding carboxylic acids is 2. The second-order valence-corrected chi connectivity index (χ2v) is 10.8. The predicted molar refractivity (Wildman–Crippen MR) is 150 cm³/mol. The molecule has 3 aliphatic rings. The zero-order valence-electron chi connectivity index (χ0n) is 22.2. The van der Waals surface area contributed by atoms with Gasteiger partial charge in [-0.2, -0.15) is 0 Å². The van der Waals surface area contributed by atoms with Crippen molar-refractivity contribution in [2.45, 2.75) is 52.0 Å². The SMILES string of the molecule is CC/C(=C\c1cccc(O)c1)CC[C@H]1OB(O)C[C@H]2C1=C(C)C[C@H]1C(=O)N(c3cccc(B(O)O)c3)C(=O)[C@H]12. The average molecular weight is 529 g/mol. The quantitative estimate of drug-likeness (QED) is 0.247. The van der Waals surface area contributed by atoms with Gasteiger partial charge < -0.3 is 24.8 Å². The van der Waals surface area contributed by atoms with Crippen LogP contribution in [0.2, 0.25) is 6.32 Å². The molecule has 4 N–H and O–H groups in total. The third kappa shape index (κ3) is 5.34. The van der Waals surface area contributed by atoms with Crippen LogP contribution < -0.4 is 10.4 Å². The van der Waals surface area contributed by atoms with Gasteiger partial charge in [0.2, 0.25) is 11.8 Å². The van der Waals surface area contributed by atoms with Gasteiger partial charge in [0.1, 0.15) is 5.75 Å². The lowest BCUT2D eigenvalue weighted by atomic mass is 9.59. The van der Waals surface area contributed by atoms with E-state index in [4.69, 9.17) is 4.65 Å². The Balaban J connectivity index is 1.40. The molecule has 2 aromatic rings. The molecule has 2 aliphatic heterocycles. The first-order chi connectivity index (χ1) is 18.7. The Morgan fingerprint density at radius 1 is 1.13 bits per heavy atom. The summed E-state index contributed by atoms with van der Waals surface area (Å²) < 4.78 is 6.02. The van der Waals surface area contributed by atoms with Crippen LogP contribution in [0.3, 0.4) is 0 Å². The third-order valence-corrected chi connectivity index (χ3v) is 8.30. The Kier molecular flexibility index (Phi) is 7.82. The molecule has 1 aliphatic carbocycles. The van der Waals surface area contributed by atoms with Crippen LogP contribution in [0.25, 0.3) is 6.08 Å². The van der Waals surface area contributed by atoms with Crippen LogP contribution >= 0.6 is 0 Å². The highest BCUT2D eigenvalue weighted by molar-refractivity contribution is 6.58. The highest BCUT2D eigenvalue weighted by Crippen LogP contribution is 2.51. The Bertz CT molecular complexity index is 1340. The molecule has 0 unspecified atom stereocenters. The lowest BCUT2D eigenvalue weighted by molar-refractivity contribution is -0.122.